The molecule has 132 valence electrons. The number of carbonyl (C=O) groups excluding carboxylic acids is 2. The fraction of sp³-hybridized carbons (Fsp3) is 0.529. The molecule has 3 N–H and O–H groups in total. The third-order valence-electron chi connectivity index (χ3n) is 3.91. The molecule has 0 bridgehead atoms. The van der Waals surface area contributed by atoms with Crippen LogP contribution in [-0.4, -0.2) is 28.9 Å². The van der Waals surface area contributed by atoms with Crippen LogP contribution in [0.15, 0.2) is 18.2 Å². The summed E-state index contributed by atoms with van der Waals surface area (Å²) < 4.78 is 26.4. The van der Waals surface area contributed by atoms with Crippen LogP contribution in [-0.2, 0) is 9.59 Å². The molecule has 0 spiro atoms. The molecule has 1 aromatic rings. The van der Waals surface area contributed by atoms with E-state index in [1.54, 1.807) is 0 Å². The lowest BCUT2D eigenvalue weighted by Gasteiger charge is -2.46. The van der Waals surface area contributed by atoms with E-state index in [0.717, 1.165) is 12.1 Å². The van der Waals surface area contributed by atoms with Crippen molar-refractivity contribution in [1.29, 1.82) is 0 Å². The van der Waals surface area contributed by atoms with Crippen molar-refractivity contribution in [3.8, 4) is 0 Å². The molecular weight excluding hydrogens is 316 g/mol. The number of piperidine rings is 1. The summed E-state index contributed by atoms with van der Waals surface area (Å²) in [5.74, 6) is -3.50. The lowest BCUT2D eigenvalue weighted by Crippen LogP contribution is -2.62. The van der Waals surface area contributed by atoms with Gasteiger partial charge in [0, 0.05) is 23.2 Å². The van der Waals surface area contributed by atoms with Gasteiger partial charge in [-0.05, 0) is 52.7 Å². The van der Waals surface area contributed by atoms with Crippen LogP contribution in [0, 0.1) is 11.6 Å². The Morgan fingerprint density at radius 2 is 1.67 bits per heavy atom. The van der Waals surface area contributed by atoms with Gasteiger partial charge >= 0.3 is 11.8 Å². The summed E-state index contributed by atoms with van der Waals surface area (Å²) in [4.78, 5) is 24.0. The normalized spacial score (nSPS) is 19.6. The molecule has 1 aliphatic heterocycles. The molecule has 1 heterocycles. The number of hydrogen-bond donors (Lipinski definition) is 3. The Labute approximate surface area is 140 Å². The Morgan fingerprint density at radius 1 is 1.08 bits per heavy atom. The summed E-state index contributed by atoms with van der Waals surface area (Å²) in [6.07, 6.45) is 1.33. The molecule has 0 unspecified atom stereocenters. The number of amides is 2. The van der Waals surface area contributed by atoms with Gasteiger partial charge in [-0.3, -0.25) is 9.59 Å². The first-order chi connectivity index (χ1) is 11.0. The number of rotatable bonds is 2. The molecule has 1 fully saturated rings. The third kappa shape index (κ3) is 4.74. The van der Waals surface area contributed by atoms with Crippen molar-refractivity contribution in [2.75, 3.05) is 5.32 Å². The lowest BCUT2D eigenvalue weighted by molar-refractivity contribution is -0.137. The van der Waals surface area contributed by atoms with Crippen molar-refractivity contribution in [3.63, 3.8) is 0 Å². The predicted octanol–water partition coefficient (Wildman–Crippen LogP) is 2.33. The minimum Gasteiger partial charge on any atom is -0.345 e. The summed E-state index contributed by atoms with van der Waals surface area (Å²) in [5, 5.41) is 8.33. The number of hydrogen-bond acceptors (Lipinski definition) is 3. The highest BCUT2D eigenvalue weighted by Gasteiger charge is 2.38. The van der Waals surface area contributed by atoms with Crippen molar-refractivity contribution >= 4 is 17.5 Å². The van der Waals surface area contributed by atoms with Gasteiger partial charge in [0.2, 0.25) is 0 Å². The van der Waals surface area contributed by atoms with Crippen LogP contribution in [0.1, 0.15) is 40.5 Å². The van der Waals surface area contributed by atoms with Gasteiger partial charge in [0.15, 0.2) is 0 Å². The maximum atomic E-state index is 13.5. The molecule has 1 aliphatic rings. The molecular formula is C17H23F2N3O2. The summed E-state index contributed by atoms with van der Waals surface area (Å²) >= 11 is 0. The van der Waals surface area contributed by atoms with Crippen LogP contribution in [0.3, 0.4) is 0 Å². The van der Waals surface area contributed by atoms with E-state index in [1.165, 1.54) is 0 Å². The fourth-order valence-corrected chi connectivity index (χ4v) is 3.45. The molecule has 0 saturated carbocycles. The minimum absolute atomic E-state index is 0.174. The molecule has 1 saturated heterocycles. The van der Waals surface area contributed by atoms with Crippen molar-refractivity contribution in [3.05, 3.63) is 29.8 Å². The van der Waals surface area contributed by atoms with Gasteiger partial charge in [0.1, 0.15) is 11.6 Å². The summed E-state index contributed by atoms with van der Waals surface area (Å²) in [7, 11) is 0. The van der Waals surface area contributed by atoms with Crippen molar-refractivity contribution in [1.82, 2.24) is 10.6 Å². The van der Waals surface area contributed by atoms with Gasteiger partial charge < -0.3 is 16.0 Å². The third-order valence-corrected chi connectivity index (χ3v) is 3.91. The number of carbonyl (C=O) groups is 2. The van der Waals surface area contributed by atoms with E-state index in [9.17, 15) is 18.4 Å². The van der Waals surface area contributed by atoms with E-state index < -0.39 is 23.4 Å². The first kappa shape index (κ1) is 18.3. The molecule has 2 rings (SSSR count). The summed E-state index contributed by atoms with van der Waals surface area (Å²) in [6.45, 7) is 8.12. The van der Waals surface area contributed by atoms with Gasteiger partial charge in [-0.25, -0.2) is 8.78 Å². The van der Waals surface area contributed by atoms with Gasteiger partial charge in [-0.2, -0.15) is 0 Å². The number of halogens is 2. The largest absolute Gasteiger partial charge is 0.345 e. The Bertz CT molecular complexity index is 643. The van der Waals surface area contributed by atoms with Gasteiger partial charge in [0.25, 0.3) is 0 Å². The van der Waals surface area contributed by atoms with Crippen LogP contribution in [0.25, 0.3) is 0 Å². The molecule has 0 atom stereocenters. The van der Waals surface area contributed by atoms with E-state index in [0.29, 0.717) is 18.9 Å². The molecule has 2 amide bonds. The fourth-order valence-electron chi connectivity index (χ4n) is 3.45. The van der Waals surface area contributed by atoms with E-state index in [1.807, 2.05) is 27.7 Å². The van der Waals surface area contributed by atoms with Crippen molar-refractivity contribution < 1.29 is 18.4 Å². The highest BCUT2D eigenvalue weighted by Crippen LogP contribution is 2.28. The zero-order chi connectivity index (χ0) is 18.1. The first-order valence-electron chi connectivity index (χ1n) is 7.84. The SMILES string of the molecule is CC1(C)CC(NC(=O)C(=O)Nc2ccc(F)cc2F)CC(C)(C)N1. The summed E-state index contributed by atoms with van der Waals surface area (Å²) in [6, 6.07) is 2.56. The maximum absolute atomic E-state index is 13.5. The van der Waals surface area contributed by atoms with Crippen LogP contribution in [0.2, 0.25) is 0 Å². The average molecular weight is 339 g/mol. The number of anilines is 1. The molecule has 7 heteroatoms. The highest BCUT2D eigenvalue weighted by molar-refractivity contribution is 6.39. The Kier molecular flexibility index (Phi) is 4.94. The second-order valence-corrected chi connectivity index (χ2v) is 7.55. The van der Waals surface area contributed by atoms with Gasteiger partial charge in [0.05, 0.1) is 5.69 Å². The highest BCUT2D eigenvalue weighted by atomic mass is 19.1. The zero-order valence-corrected chi connectivity index (χ0v) is 14.3. The standard InChI is InChI=1S/C17H23F2N3O2/c1-16(2)8-11(9-17(3,4)22-16)20-14(23)15(24)21-13-6-5-10(18)7-12(13)19/h5-7,11,22H,8-9H2,1-4H3,(H,20,23)(H,21,24). The van der Waals surface area contributed by atoms with Crippen molar-refractivity contribution in [2.24, 2.45) is 0 Å². The van der Waals surface area contributed by atoms with E-state index in [-0.39, 0.29) is 22.8 Å². The molecule has 0 aliphatic carbocycles. The summed E-state index contributed by atoms with van der Waals surface area (Å²) in [5.41, 5.74) is -0.596. The number of benzene rings is 1. The molecule has 0 aromatic heterocycles. The first-order valence-corrected chi connectivity index (χ1v) is 7.84. The second kappa shape index (κ2) is 6.47. The molecule has 0 radical (unpaired) electrons. The topological polar surface area (TPSA) is 70.2 Å². The Morgan fingerprint density at radius 3 is 2.21 bits per heavy atom. The minimum atomic E-state index is -0.977. The average Bonchev–Trinajstić information content (AvgIpc) is 2.38. The quantitative estimate of drug-likeness (QED) is 0.724. The molecule has 5 nitrogen and oxygen atoms in total. The second-order valence-electron chi connectivity index (χ2n) is 7.55. The monoisotopic (exact) mass is 339 g/mol. The van der Waals surface area contributed by atoms with E-state index >= 15 is 0 Å². The lowest BCUT2D eigenvalue weighted by atomic mass is 9.79. The van der Waals surface area contributed by atoms with Gasteiger partial charge in [-0.1, -0.05) is 0 Å². The maximum Gasteiger partial charge on any atom is 0.313 e. The van der Waals surface area contributed by atoms with E-state index in [4.69, 9.17) is 0 Å². The smallest absolute Gasteiger partial charge is 0.313 e. The van der Waals surface area contributed by atoms with Crippen LogP contribution in [0.5, 0.6) is 0 Å². The van der Waals surface area contributed by atoms with Crippen LogP contribution >= 0.6 is 0 Å². The van der Waals surface area contributed by atoms with Gasteiger partial charge in [-0.15, -0.1) is 0 Å². The van der Waals surface area contributed by atoms with Crippen LogP contribution in [0.4, 0.5) is 14.5 Å². The van der Waals surface area contributed by atoms with Crippen molar-refractivity contribution in [2.45, 2.75) is 57.7 Å². The zero-order valence-electron chi connectivity index (χ0n) is 14.3. The van der Waals surface area contributed by atoms with E-state index in [2.05, 4.69) is 16.0 Å². The molecule has 1 aromatic carbocycles. The number of nitrogens with one attached hydrogen (secondary N) is 3. The Balaban J connectivity index is 2.00. The van der Waals surface area contributed by atoms with Crippen LogP contribution < -0.4 is 16.0 Å². The molecule has 24 heavy (non-hydrogen) atoms. The predicted molar refractivity (Wildman–Crippen MR) is 87.4 cm³/mol. The Hall–Kier alpha value is -2.02.